The Hall–Kier alpha value is -0.910. The lowest BCUT2D eigenvalue weighted by molar-refractivity contribution is 0.749. The predicted octanol–water partition coefficient (Wildman–Crippen LogP) is 3.73. The lowest BCUT2D eigenvalue weighted by Gasteiger charge is -2.23. The smallest absolute Gasteiger partial charge is 0.186 e. The molecule has 3 nitrogen and oxygen atoms in total. The normalized spacial score (nSPS) is 14.5. The fourth-order valence-electron chi connectivity index (χ4n) is 1.85. The van der Waals surface area contributed by atoms with Gasteiger partial charge in [0, 0.05) is 22.8 Å². The van der Waals surface area contributed by atoms with Crippen molar-refractivity contribution in [3.8, 4) is 0 Å². The first kappa shape index (κ1) is 13.5. The molecule has 0 aliphatic heterocycles. The second-order valence-corrected chi connectivity index (χ2v) is 6.53. The van der Waals surface area contributed by atoms with Gasteiger partial charge in [-0.25, -0.2) is 4.98 Å². The highest BCUT2D eigenvalue weighted by atomic mass is 32.1. The number of aryl methyl sites for hydroxylation is 1. The summed E-state index contributed by atoms with van der Waals surface area (Å²) in [4.78, 5) is 9.38. The van der Waals surface area contributed by atoms with Gasteiger partial charge in [0.2, 0.25) is 0 Å². The molecule has 0 radical (unpaired) electrons. The quantitative estimate of drug-likeness (QED) is 0.928. The molecule has 0 aliphatic carbocycles. The van der Waals surface area contributed by atoms with Crippen molar-refractivity contribution in [2.45, 2.75) is 32.9 Å². The fraction of sp³-hybridized carbons (Fsp3) is 0.462. The second kappa shape index (κ2) is 5.38. The topological polar surface area (TPSA) is 42.2 Å². The second-order valence-electron chi connectivity index (χ2n) is 4.54. The van der Waals surface area contributed by atoms with E-state index in [9.17, 15) is 0 Å². The molecular weight excluding hydrogens is 262 g/mol. The molecule has 0 bridgehead atoms. The fourth-order valence-corrected chi connectivity index (χ4v) is 3.74. The lowest BCUT2D eigenvalue weighted by atomic mass is 10.2. The highest BCUT2D eigenvalue weighted by Crippen LogP contribution is 2.34. The van der Waals surface area contributed by atoms with E-state index in [1.165, 1.54) is 9.75 Å². The van der Waals surface area contributed by atoms with Crippen LogP contribution < -0.4 is 10.6 Å². The Balaban J connectivity index is 2.23. The molecule has 0 saturated carbocycles. The zero-order chi connectivity index (χ0) is 13.3. The molecule has 2 aromatic heterocycles. The van der Waals surface area contributed by atoms with Gasteiger partial charge < -0.3 is 10.6 Å². The molecule has 0 spiro atoms. The van der Waals surface area contributed by atoms with E-state index in [1.54, 1.807) is 22.7 Å². The van der Waals surface area contributed by atoms with Crippen molar-refractivity contribution >= 4 is 27.8 Å². The first-order valence-corrected chi connectivity index (χ1v) is 7.69. The van der Waals surface area contributed by atoms with Crippen LogP contribution in [0.1, 0.15) is 41.4 Å². The standard InChI is InChI=1S/C13H19N3S2/c1-8(14)12-9(2)15-13(18-12)16(4)10(3)11-6-5-7-17-11/h5-8,10H,14H2,1-4H3. The summed E-state index contributed by atoms with van der Waals surface area (Å²) in [7, 11) is 2.09. The maximum Gasteiger partial charge on any atom is 0.186 e. The van der Waals surface area contributed by atoms with Gasteiger partial charge in [-0.05, 0) is 32.2 Å². The number of hydrogen-bond acceptors (Lipinski definition) is 5. The predicted molar refractivity (Wildman–Crippen MR) is 80.6 cm³/mol. The molecule has 18 heavy (non-hydrogen) atoms. The van der Waals surface area contributed by atoms with Crippen LogP contribution in [0.15, 0.2) is 17.5 Å². The average Bonchev–Trinajstić information content (AvgIpc) is 2.95. The van der Waals surface area contributed by atoms with E-state index >= 15 is 0 Å². The molecular formula is C13H19N3S2. The number of rotatable bonds is 4. The monoisotopic (exact) mass is 281 g/mol. The molecule has 2 unspecified atom stereocenters. The summed E-state index contributed by atoms with van der Waals surface area (Å²) in [5.41, 5.74) is 7.00. The molecule has 98 valence electrons. The van der Waals surface area contributed by atoms with E-state index in [0.717, 1.165) is 10.8 Å². The third-order valence-corrected chi connectivity index (χ3v) is 5.56. The summed E-state index contributed by atoms with van der Waals surface area (Å²) < 4.78 is 0. The van der Waals surface area contributed by atoms with Crippen molar-refractivity contribution in [1.29, 1.82) is 0 Å². The van der Waals surface area contributed by atoms with Gasteiger partial charge in [-0.3, -0.25) is 0 Å². The largest absolute Gasteiger partial charge is 0.344 e. The van der Waals surface area contributed by atoms with Gasteiger partial charge in [0.1, 0.15) is 0 Å². The molecule has 2 heterocycles. The number of thiophene rings is 1. The molecule has 5 heteroatoms. The summed E-state index contributed by atoms with van der Waals surface area (Å²) in [6, 6.07) is 4.65. The molecule has 0 aromatic carbocycles. The van der Waals surface area contributed by atoms with Gasteiger partial charge >= 0.3 is 0 Å². The first-order valence-electron chi connectivity index (χ1n) is 6.00. The van der Waals surface area contributed by atoms with Crippen LogP contribution in [-0.2, 0) is 0 Å². The summed E-state index contributed by atoms with van der Waals surface area (Å²) in [6.07, 6.45) is 0. The zero-order valence-corrected chi connectivity index (χ0v) is 12.8. The molecule has 0 saturated heterocycles. The number of thiazole rings is 1. The van der Waals surface area contributed by atoms with Crippen LogP contribution in [-0.4, -0.2) is 12.0 Å². The maximum atomic E-state index is 5.95. The van der Waals surface area contributed by atoms with Crippen molar-refractivity contribution < 1.29 is 0 Å². The number of nitrogens with zero attached hydrogens (tertiary/aromatic N) is 2. The van der Waals surface area contributed by atoms with Crippen LogP contribution in [0.2, 0.25) is 0 Å². The summed E-state index contributed by atoms with van der Waals surface area (Å²) in [5.74, 6) is 0. The van der Waals surface area contributed by atoms with Crippen LogP contribution in [0.4, 0.5) is 5.13 Å². The van der Waals surface area contributed by atoms with Gasteiger partial charge in [-0.1, -0.05) is 6.07 Å². The summed E-state index contributed by atoms with van der Waals surface area (Å²) in [5, 5.41) is 3.15. The number of aromatic nitrogens is 1. The van der Waals surface area contributed by atoms with Crippen LogP contribution in [0, 0.1) is 6.92 Å². The Labute approximate surface area is 116 Å². The van der Waals surface area contributed by atoms with Gasteiger partial charge in [-0.2, -0.15) is 0 Å². The van der Waals surface area contributed by atoms with E-state index in [1.807, 2.05) is 13.8 Å². The van der Waals surface area contributed by atoms with Crippen LogP contribution in [0.5, 0.6) is 0 Å². The Kier molecular flexibility index (Phi) is 4.04. The molecule has 2 atom stereocenters. The minimum absolute atomic E-state index is 0.0571. The SMILES string of the molecule is Cc1nc(N(C)C(C)c2cccs2)sc1C(C)N. The van der Waals surface area contributed by atoms with E-state index in [2.05, 4.69) is 41.4 Å². The lowest BCUT2D eigenvalue weighted by Crippen LogP contribution is -2.20. The number of hydrogen-bond donors (Lipinski definition) is 1. The summed E-state index contributed by atoms with van der Waals surface area (Å²) in [6.45, 7) is 6.24. The molecule has 2 aromatic rings. The molecule has 0 fully saturated rings. The van der Waals surface area contributed by atoms with E-state index in [-0.39, 0.29) is 6.04 Å². The number of anilines is 1. The Morgan fingerprint density at radius 3 is 2.61 bits per heavy atom. The van der Waals surface area contributed by atoms with Crippen molar-refractivity contribution in [2.24, 2.45) is 5.73 Å². The Morgan fingerprint density at radius 1 is 1.39 bits per heavy atom. The van der Waals surface area contributed by atoms with Crippen LogP contribution in [0.3, 0.4) is 0 Å². The molecule has 2 N–H and O–H groups in total. The van der Waals surface area contributed by atoms with Gasteiger partial charge in [0.25, 0.3) is 0 Å². The van der Waals surface area contributed by atoms with Gasteiger partial charge in [-0.15, -0.1) is 22.7 Å². The molecule has 0 aliphatic rings. The highest BCUT2D eigenvalue weighted by Gasteiger charge is 2.19. The van der Waals surface area contributed by atoms with Crippen molar-refractivity contribution in [3.05, 3.63) is 33.0 Å². The van der Waals surface area contributed by atoms with E-state index < -0.39 is 0 Å². The Bertz CT molecular complexity index is 502. The highest BCUT2D eigenvalue weighted by molar-refractivity contribution is 7.15. The van der Waals surface area contributed by atoms with E-state index in [4.69, 9.17) is 5.73 Å². The maximum absolute atomic E-state index is 5.95. The average molecular weight is 281 g/mol. The molecule has 0 amide bonds. The zero-order valence-electron chi connectivity index (χ0n) is 11.2. The van der Waals surface area contributed by atoms with E-state index in [0.29, 0.717) is 6.04 Å². The van der Waals surface area contributed by atoms with Gasteiger partial charge in [0.15, 0.2) is 5.13 Å². The summed E-state index contributed by atoms with van der Waals surface area (Å²) >= 11 is 3.48. The minimum atomic E-state index is 0.0571. The minimum Gasteiger partial charge on any atom is -0.344 e. The molecule has 2 rings (SSSR count). The van der Waals surface area contributed by atoms with Crippen molar-refractivity contribution in [3.63, 3.8) is 0 Å². The Morgan fingerprint density at radius 2 is 2.11 bits per heavy atom. The van der Waals surface area contributed by atoms with Crippen molar-refractivity contribution in [1.82, 2.24) is 4.98 Å². The van der Waals surface area contributed by atoms with Gasteiger partial charge in [0.05, 0.1) is 11.7 Å². The third-order valence-electron chi connectivity index (χ3n) is 3.07. The third kappa shape index (κ3) is 2.58. The van der Waals surface area contributed by atoms with Crippen molar-refractivity contribution in [2.75, 3.05) is 11.9 Å². The van der Waals surface area contributed by atoms with Crippen LogP contribution >= 0.6 is 22.7 Å². The first-order chi connectivity index (χ1) is 8.50. The van der Waals surface area contributed by atoms with Crippen LogP contribution in [0.25, 0.3) is 0 Å². The number of nitrogens with two attached hydrogens (primary N) is 1.